The summed E-state index contributed by atoms with van der Waals surface area (Å²) in [5.41, 5.74) is 2.30. The molecule has 0 spiro atoms. The lowest BCUT2D eigenvalue weighted by Crippen LogP contribution is -2.25. The van der Waals surface area contributed by atoms with E-state index in [1.807, 2.05) is 24.3 Å². The normalized spacial score (nSPS) is 20.7. The van der Waals surface area contributed by atoms with E-state index in [9.17, 15) is 0 Å². The predicted molar refractivity (Wildman–Crippen MR) is 112 cm³/mol. The Morgan fingerprint density at radius 3 is 2.69 bits per heavy atom. The molecule has 3 heterocycles. The topological polar surface area (TPSA) is 77.8 Å². The first-order chi connectivity index (χ1) is 13.8. The fourth-order valence-corrected chi connectivity index (χ4v) is 4.35. The molecule has 3 aromatic rings. The van der Waals surface area contributed by atoms with Crippen LogP contribution in [-0.2, 0) is 13.1 Å². The Morgan fingerprint density at radius 2 is 1.90 bits per heavy atom. The maximum Gasteiger partial charge on any atom is 0.233 e. The van der Waals surface area contributed by atoms with Crippen LogP contribution >= 0.6 is 24.0 Å². The lowest BCUT2D eigenvalue weighted by Gasteiger charge is -2.28. The average Bonchev–Trinajstić information content (AvgIpc) is 3.05. The van der Waals surface area contributed by atoms with Crippen LogP contribution in [0, 0.1) is 0 Å². The molecule has 2 aromatic heterocycles. The van der Waals surface area contributed by atoms with Gasteiger partial charge in [-0.05, 0) is 55.5 Å². The zero-order valence-corrected chi connectivity index (χ0v) is 17.4. The highest BCUT2D eigenvalue weighted by atomic mass is 35.5. The van der Waals surface area contributed by atoms with Crippen molar-refractivity contribution in [1.29, 1.82) is 0 Å². The average molecular weight is 433 g/mol. The molecule has 1 saturated carbocycles. The molecule has 152 valence electrons. The van der Waals surface area contributed by atoms with E-state index >= 15 is 0 Å². The van der Waals surface area contributed by atoms with Gasteiger partial charge in [-0.3, -0.25) is 4.57 Å². The van der Waals surface area contributed by atoms with Crippen LogP contribution in [0.2, 0.25) is 5.02 Å². The highest BCUT2D eigenvalue weighted by Gasteiger charge is 2.30. The highest BCUT2D eigenvalue weighted by molar-refractivity contribution is 6.30. The standard InChI is InChI=1S/C20H21ClN6O.ClH/c21-15-5-8-17-14(10-15)11-22-12-18-24-26-20(27(17)18)13-3-6-16(7-4-13)28-19-2-1-9-23-25-19;/h1-2,5,8-10,13,16,22H,3-4,6-7,11-12H2;1H. The van der Waals surface area contributed by atoms with Gasteiger partial charge >= 0.3 is 0 Å². The quantitative estimate of drug-likeness (QED) is 0.677. The summed E-state index contributed by atoms with van der Waals surface area (Å²) in [6.45, 7) is 1.47. The van der Waals surface area contributed by atoms with Crippen LogP contribution in [0.1, 0.15) is 48.8 Å². The fourth-order valence-electron chi connectivity index (χ4n) is 4.15. The molecule has 0 atom stereocenters. The second-order valence-electron chi connectivity index (χ2n) is 7.34. The molecule has 0 radical (unpaired) electrons. The number of ether oxygens (including phenoxy) is 1. The first kappa shape index (κ1) is 20.1. The molecule has 2 aliphatic rings. The maximum atomic E-state index is 6.21. The van der Waals surface area contributed by atoms with Gasteiger partial charge in [0.1, 0.15) is 11.9 Å². The van der Waals surface area contributed by atoms with Crippen LogP contribution in [0.25, 0.3) is 5.69 Å². The molecule has 5 rings (SSSR count). The molecule has 7 nitrogen and oxygen atoms in total. The largest absolute Gasteiger partial charge is 0.473 e. The lowest BCUT2D eigenvalue weighted by molar-refractivity contribution is 0.137. The smallest absolute Gasteiger partial charge is 0.233 e. The second-order valence-corrected chi connectivity index (χ2v) is 7.78. The third-order valence-electron chi connectivity index (χ3n) is 5.51. The SMILES string of the molecule is Cl.Clc1ccc2c(c1)CNCc1nnc(C3CCC(Oc4cccnn4)CC3)n1-2. The summed E-state index contributed by atoms with van der Waals surface area (Å²) in [7, 11) is 0. The summed E-state index contributed by atoms with van der Waals surface area (Å²) in [6, 6.07) is 9.73. The van der Waals surface area contributed by atoms with Crippen molar-refractivity contribution in [1.82, 2.24) is 30.3 Å². The Balaban J connectivity index is 0.00000205. The maximum absolute atomic E-state index is 6.21. The van der Waals surface area contributed by atoms with Gasteiger partial charge in [-0.2, -0.15) is 5.10 Å². The molecule has 1 fully saturated rings. The van der Waals surface area contributed by atoms with Gasteiger partial charge in [0.15, 0.2) is 5.82 Å². The highest BCUT2D eigenvalue weighted by Crippen LogP contribution is 2.36. The van der Waals surface area contributed by atoms with Crippen LogP contribution < -0.4 is 10.1 Å². The predicted octanol–water partition coefficient (Wildman–Crippen LogP) is 3.84. The number of benzene rings is 1. The number of nitrogens with zero attached hydrogens (tertiary/aromatic N) is 5. The summed E-state index contributed by atoms with van der Waals surface area (Å²) >= 11 is 6.21. The first-order valence-corrected chi connectivity index (χ1v) is 10.0. The van der Waals surface area contributed by atoms with Gasteiger partial charge in [-0.25, -0.2) is 0 Å². The van der Waals surface area contributed by atoms with Crippen molar-refractivity contribution in [2.75, 3.05) is 0 Å². The molecule has 1 aliphatic heterocycles. The Bertz CT molecular complexity index is 972. The summed E-state index contributed by atoms with van der Waals surface area (Å²) < 4.78 is 8.20. The van der Waals surface area contributed by atoms with Crippen molar-refractivity contribution in [3.63, 3.8) is 0 Å². The van der Waals surface area contributed by atoms with Gasteiger partial charge in [0.2, 0.25) is 5.88 Å². The molecular formula is C20H22Cl2N6O. The van der Waals surface area contributed by atoms with E-state index < -0.39 is 0 Å². The number of aromatic nitrogens is 5. The van der Waals surface area contributed by atoms with Crippen LogP contribution in [0.3, 0.4) is 0 Å². The van der Waals surface area contributed by atoms with E-state index in [0.717, 1.165) is 54.6 Å². The molecule has 1 N–H and O–H groups in total. The van der Waals surface area contributed by atoms with Crippen LogP contribution in [0.4, 0.5) is 0 Å². The van der Waals surface area contributed by atoms with Crippen molar-refractivity contribution >= 4 is 24.0 Å². The van der Waals surface area contributed by atoms with Crippen LogP contribution in [-0.4, -0.2) is 31.1 Å². The Hall–Kier alpha value is -2.22. The Kier molecular flexibility index (Phi) is 5.99. The fraction of sp³-hybridized carbons (Fsp3) is 0.400. The number of nitrogens with one attached hydrogen (secondary N) is 1. The van der Waals surface area contributed by atoms with Crippen LogP contribution in [0.15, 0.2) is 36.5 Å². The van der Waals surface area contributed by atoms with Gasteiger partial charge in [-0.15, -0.1) is 27.7 Å². The van der Waals surface area contributed by atoms with Crippen molar-refractivity contribution in [3.05, 3.63) is 58.8 Å². The summed E-state index contributed by atoms with van der Waals surface area (Å²) in [5.74, 6) is 2.96. The molecule has 29 heavy (non-hydrogen) atoms. The zero-order valence-electron chi connectivity index (χ0n) is 15.8. The van der Waals surface area contributed by atoms with E-state index in [1.165, 1.54) is 5.56 Å². The van der Waals surface area contributed by atoms with Gasteiger partial charge in [0, 0.05) is 29.7 Å². The van der Waals surface area contributed by atoms with Crippen molar-refractivity contribution in [3.8, 4) is 11.6 Å². The summed E-state index contributed by atoms with van der Waals surface area (Å²) in [5, 5.41) is 21.1. The number of hydrogen-bond acceptors (Lipinski definition) is 6. The number of hydrogen-bond donors (Lipinski definition) is 1. The minimum absolute atomic E-state index is 0. The Morgan fingerprint density at radius 1 is 1.03 bits per heavy atom. The summed E-state index contributed by atoms with van der Waals surface area (Å²) in [6.07, 6.45) is 5.79. The van der Waals surface area contributed by atoms with Gasteiger partial charge in [0.05, 0.1) is 12.2 Å². The molecule has 0 saturated heterocycles. The lowest BCUT2D eigenvalue weighted by atomic mass is 9.86. The minimum Gasteiger partial charge on any atom is -0.473 e. The second kappa shape index (κ2) is 8.65. The summed E-state index contributed by atoms with van der Waals surface area (Å²) in [4.78, 5) is 0. The van der Waals surface area contributed by atoms with E-state index in [4.69, 9.17) is 16.3 Å². The third-order valence-corrected chi connectivity index (χ3v) is 5.75. The zero-order chi connectivity index (χ0) is 18.9. The number of fused-ring (bicyclic) bond motifs is 3. The van der Waals surface area contributed by atoms with Gasteiger partial charge in [0.25, 0.3) is 0 Å². The molecule has 0 amide bonds. The number of halogens is 2. The first-order valence-electron chi connectivity index (χ1n) is 9.66. The Labute approximate surface area is 180 Å². The molecule has 1 aliphatic carbocycles. The molecule has 0 unspecified atom stereocenters. The van der Waals surface area contributed by atoms with Crippen molar-refractivity contribution in [2.24, 2.45) is 0 Å². The minimum atomic E-state index is 0. The van der Waals surface area contributed by atoms with E-state index in [2.05, 4.69) is 36.3 Å². The van der Waals surface area contributed by atoms with E-state index in [1.54, 1.807) is 6.20 Å². The van der Waals surface area contributed by atoms with Crippen molar-refractivity contribution < 1.29 is 4.74 Å². The number of rotatable bonds is 3. The molecule has 1 aromatic carbocycles. The monoisotopic (exact) mass is 432 g/mol. The van der Waals surface area contributed by atoms with E-state index in [-0.39, 0.29) is 18.5 Å². The van der Waals surface area contributed by atoms with Crippen molar-refractivity contribution in [2.45, 2.75) is 50.8 Å². The molecule has 0 bridgehead atoms. The molecular weight excluding hydrogens is 411 g/mol. The van der Waals surface area contributed by atoms with Crippen LogP contribution in [0.5, 0.6) is 5.88 Å². The van der Waals surface area contributed by atoms with Gasteiger partial charge < -0.3 is 10.1 Å². The molecule has 9 heteroatoms. The van der Waals surface area contributed by atoms with Gasteiger partial charge in [-0.1, -0.05) is 11.6 Å². The third kappa shape index (κ3) is 4.08. The van der Waals surface area contributed by atoms with E-state index in [0.29, 0.717) is 18.3 Å².